The van der Waals surface area contributed by atoms with Gasteiger partial charge in [0.25, 0.3) is 0 Å². The first-order valence-corrected chi connectivity index (χ1v) is 11.0. The van der Waals surface area contributed by atoms with Gasteiger partial charge in [-0.15, -0.1) is 11.3 Å². The van der Waals surface area contributed by atoms with Crippen LogP contribution in [0.25, 0.3) is 0 Å². The van der Waals surface area contributed by atoms with E-state index in [0.717, 1.165) is 67.8 Å². The van der Waals surface area contributed by atoms with Gasteiger partial charge in [-0.2, -0.15) is 0 Å². The third kappa shape index (κ3) is 6.83. The smallest absolute Gasteiger partial charge is 0.119 e. The number of thiazole rings is 1. The van der Waals surface area contributed by atoms with E-state index in [2.05, 4.69) is 38.5 Å². The molecule has 1 aromatic carbocycles. The molecule has 154 valence electrons. The molecule has 7 heteroatoms. The summed E-state index contributed by atoms with van der Waals surface area (Å²) in [6, 6.07) is 8.05. The zero-order valence-electron chi connectivity index (χ0n) is 16.9. The van der Waals surface area contributed by atoms with Gasteiger partial charge in [0.2, 0.25) is 0 Å². The number of nitrogens with zero attached hydrogens (tertiary/aromatic N) is 3. The van der Waals surface area contributed by atoms with Gasteiger partial charge in [0.15, 0.2) is 0 Å². The van der Waals surface area contributed by atoms with Gasteiger partial charge >= 0.3 is 0 Å². The minimum Gasteiger partial charge on any atom is -0.491 e. The second kappa shape index (κ2) is 10.9. The number of aromatic nitrogens is 1. The van der Waals surface area contributed by atoms with Gasteiger partial charge in [-0.25, -0.2) is 4.98 Å². The van der Waals surface area contributed by atoms with Crippen molar-refractivity contribution in [2.24, 2.45) is 0 Å². The summed E-state index contributed by atoms with van der Waals surface area (Å²) in [5.41, 5.74) is 2.24. The molecule has 2 heterocycles. The van der Waals surface area contributed by atoms with E-state index < -0.39 is 6.10 Å². The number of hydrogen-bond acceptors (Lipinski definition) is 7. The maximum atomic E-state index is 10.3. The quantitative estimate of drug-likeness (QED) is 0.633. The minimum atomic E-state index is -0.470. The lowest BCUT2D eigenvalue weighted by Crippen LogP contribution is -2.49. The Kier molecular flexibility index (Phi) is 8.24. The van der Waals surface area contributed by atoms with Crippen molar-refractivity contribution in [1.82, 2.24) is 20.1 Å². The third-order valence-electron chi connectivity index (χ3n) is 5.02. The molecule has 0 amide bonds. The Balaban J connectivity index is 1.37. The van der Waals surface area contributed by atoms with Crippen molar-refractivity contribution < 1.29 is 9.84 Å². The van der Waals surface area contributed by atoms with Crippen molar-refractivity contribution in [3.05, 3.63) is 45.9 Å². The highest BCUT2D eigenvalue weighted by Gasteiger charge is 2.18. The molecule has 1 atom stereocenters. The van der Waals surface area contributed by atoms with Crippen LogP contribution in [0.1, 0.15) is 23.2 Å². The topological polar surface area (TPSA) is 60.9 Å². The lowest BCUT2D eigenvalue weighted by atomic mass is 10.2. The number of ether oxygens (including phenoxy) is 1. The van der Waals surface area contributed by atoms with E-state index in [1.54, 1.807) is 11.3 Å². The van der Waals surface area contributed by atoms with E-state index in [1.165, 1.54) is 0 Å². The first-order valence-electron chi connectivity index (χ1n) is 10.1. The number of hydrogen-bond donors (Lipinski definition) is 2. The summed E-state index contributed by atoms with van der Waals surface area (Å²) in [5.74, 6) is 0.804. The number of likely N-dealkylation sites (N-methyl/N-ethyl adjacent to an activating group) is 1. The van der Waals surface area contributed by atoms with E-state index in [4.69, 9.17) is 4.74 Å². The highest BCUT2D eigenvalue weighted by molar-refractivity contribution is 7.09. The Bertz CT molecular complexity index is 716. The molecule has 28 heavy (non-hydrogen) atoms. The Morgan fingerprint density at radius 2 is 2.00 bits per heavy atom. The zero-order valence-corrected chi connectivity index (χ0v) is 17.7. The summed E-state index contributed by atoms with van der Waals surface area (Å²) in [4.78, 5) is 9.22. The van der Waals surface area contributed by atoms with Crippen molar-refractivity contribution in [1.29, 1.82) is 0 Å². The predicted octanol–water partition coefficient (Wildman–Crippen LogP) is 2.12. The summed E-state index contributed by atoms with van der Waals surface area (Å²) in [5, 5.41) is 16.9. The molecule has 0 saturated carbocycles. The standard InChI is InChI=1S/C21H32N4O2S/c1-3-24-7-9-25(10-8-24)14-20(26)15-27-21-6-4-5-18(11-21)12-22-13-19-16-28-17(2)23-19/h4-6,11,16,20,22,26H,3,7-10,12-15H2,1-2H3. The van der Waals surface area contributed by atoms with Crippen LogP contribution in [-0.2, 0) is 13.1 Å². The van der Waals surface area contributed by atoms with Gasteiger partial charge in [0.05, 0.1) is 10.7 Å². The maximum absolute atomic E-state index is 10.3. The van der Waals surface area contributed by atoms with Crippen molar-refractivity contribution in [3.8, 4) is 5.75 Å². The van der Waals surface area contributed by atoms with Gasteiger partial charge in [0, 0.05) is 51.2 Å². The van der Waals surface area contributed by atoms with Gasteiger partial charge < -0.3 is 20.1 Å². The zero-order chi connectivity index (χ0) is 19.8. The fourth-order valence-electron chi connectivity index (χ4n) is 3.40. The number of aliphatic hydroxyl groups is 1. The molecule has 1 aromatic heterocycles. The van der Waals surface area contributed by atoms with Crippen molar-refractivity contribution in [2.75, 3.05) is 45.9 Å². The third-order valence-corrected chi connectivity index (χ3v) is 5.85. The molecule has 1 saturated heterocycles. The molecule has 6 nitrogen and oxygen atoms in total. The van der Waals surface area contributed by atoms with Crippen LogP contribution in [0.15, 0.2) is 29.6 Å². The second-order valence-electron chi connectivity index (χ2n) is 7.31. The molecular formula is C21H32N4O2S. The molecular weight excluding hydrogens is 372 g/mol. The SMILES string of the molecule is CCN1CCN(CC(O)COc2cccc(CNCc3csc(C)n3)c2)CC1. The number of aryl methyl sites for hydroxylation is 1. The Morgan fingerprint density at radius 3 is 2.71 bits per heavy atom. The van der Waals surface area contributed by atoms with Crippen LogP contribution in [0.3, 0.4) is 0 Å². The molecule has 0 aliphatic carbocycles. The number of β-amino-alcohol motifs (C(OH)–C–C–N with tert-alkyl or cyclic N) is 1. The molecule has 2 aromatic rings. The molecule has 0 radical (unpaired) electrons. The van der Waals surface area contributed by atoms with Crippen LogP contribution in [0.2, 0.25) is 0 Å². The molecule has 1 aliphatic rings. The van der Waals surface area contributed by atoms with Crippen molar-refractivity contribution in [2.45, 2.75) is 33.0 Å². The van der Waals surface area contributed by atoms with Gasteiger partial charge in [-0.05, 0) is 31.2 Å². The number of nitrogens with one attached hydrogen (secondary N) is 1. The van der Waals surface area contributed by atoms with Crippen LogP contribution in [-0.4, -0.2) is 71.9 Å². The fraction of sp³-hybridized carbons (Fsp3) is 0.571. The summed E-state index contributed by atoms with van der Waals surface area (Å²) in [6.45, 7) is 12.0. The van der Waals surface area contributed by atoms with Crippen LogP contribution in [0.5, 0.6) is 5.75 Å². The Labute approximate surface area is 172 Å². The van der Waals surface area contributed by atoms with E-state index in [0.29, 0.717) is 13.2 Å². The van der Waals surface area contributed by atoms with Crippen LogP contribution in [0, 0.1) is 6.92 Å². The molecule has 2 N–H and O–H groups in total. The lowest BCUT2D eigenvalue weighted by molar-refractivity contribution is 0.0471. The van der Waals surface area contributed by atoms with Gasteiger partial charge in [0.1, 0.15) is 18.5 Å². The summed E-state index contributed by atoms with van der Waals surface area (Å²) >= 11 is 1.68. The first kappa shape index (κ1) is 21.2. The monoisotopic (exact) mass is 404 g/mol. The van der Waals surface area contributed by atoms with E-state index in [1.807, 2.05) is 25.1 Å². The number of rotatable bonds is 10. The predicted molar refractivity (Wildman–Crippen MR) is 114 cm³/mol. The van der Waals surface area contributed by atoms with Gasteiger partial charge in [-0.3, -0.25) is 4.90 Å². The molecule has 1 unspecified atom stereocenters. The number of benzene rings is 1. The highest BCUT2D eigenvalue weighted by atomic mass is 32.1. The summed E-state index contributed by atoms with van der Waals surface area (Å²) in [6.07, 6.45) is -0.470. The van der Waals surface area contributed by atoms with E-state index >= 15 is 0 Å². The molecule has 1 aliphatic heterocycles. The molecule has 0 bridgehead atoms. The summed E-state index contributed by atoms with van der Waals surface area (Å²) < 4.78 is 5.83. The second-order valence-corrected chi connectivity index (χ2v) is 8.37. The van der Waals surface area contributed by atoms with Gasteiger partial charge in [-0.1, -0.05) is 19.1 Å². The molecule has 0 spiro atoms. The van der Waals surface area contributed by atoms with E-state index in [-0.39, 0.29) is 0 Å². The number of piperazine rings is 1. The summed E-state index contributed by atoms with van der Waals surface area (Å²) in [7, 11) is 0. The average Bonchev–Trinajstić information content (AvgIpc) is 3.12. The minimum absolute atomic E-state index is 0.322. The Morgan fingerprint density at radius 1 is 1.21 bits per heavy atom. The maximum Gasteiger partial charge on any atom is 0.119 e. The largest absolute Gasteiger partial charge is 0.491 e. The van der Waals surface area contributed by atoms with E-state index in [9.17, 15) is 5.11 Å². The average molecular weight is 405 g/mol. The van der Waals surface area contributed by atoms with Crippen LogP contribution >= 0.6 is 11.3 Å². The fourth-order valence-corrected chi connectivity index (χ4v) is 4.01. The van der Waals surface area contributed by atoms with Crippen molar-refractivity contribution >= 4 is 11.3 Å². The lowest BCUT2D eigenvalue weighted by Gasteiger charge is -2.34. The normalized spacial score (nSPS) is 17.0. The highest BCUT2D eigenvalue weighted by Crippen LogP contribution is 2.14. The Hall–Kier alpha value is -1.51. The van der Waals surface area contributed by atoms with Crippen molar-refractivity contribution in [3.63, 3.8) is 0 Å². The molecule has 1 fully saturated rings. The molecule has 3 rings (SSSR count). The number of aliphatic hydroxyl groups excluding tert-OH is 1. The van der Waals surface area contributed by atoms with Crippen LogP contribution in [0.4, 0.5) is 0 Å². The first-order chi connectivity index (χ1) is 13.6. The van der Waals surface area contributed by atoms with Crippen LogP contribution < -0.4 is 10.1 Å².